The van der Waals surface area contributed by atoms with E-state index in [0.29, 0.717) is 17.1 Å². The number of pyridine rings is 1. The highest BCUT2D eigenvalue weighted by Crippen LogP contribution is 2.29. The molecule has 0 aliphatic carbocycles. The van der Waals surface area contributed by atoms with Gasteiger partial charge in [-0.15, -0.1) is 0 Å². The summed E-state index contributed by atoms with van der Waals surface area (Å²) >= 11 is 0. The summed E-state index contributed by atoms with van der Waals surface area (Å²) < 4.78 is 23.6. The Balaban J connectivity index is 1.69. The molecule has 0 radical (unpaired) electrons. The minimum absolute atomic E-state index is 0.311. The lowest BCUT2D eigenvalue weighted by Gasteiger charge is -2.08. The van der Waals surface area contributed by atoms with Crippen LogP contribution in [0.3, 0.4) is 0 Å². The fraction of sp³-hybridized carbons (Fsp3) is 0.0435. The Morgan fingerprint density at radius 2 is 1.71 bits per heavy atom. The average Bonchev–Trinajstić information content (AvgIpc) is 2.73. The number of methoxy groups -OCH3 is 1. The second-order valence-corrected chi connectivity index (χ2v) is 5.80. The van der Waals surface area contributed by atoms with Crippen molar-refractivity contribution < 1.29 is 18.7 Å². The Bertz CT molecular complexity index is 996. The van der Waals surface area contributed by atoms with Crippen molar-refractivity contribution in [3.8, 4) is 11.5 Å². The van der Waals surface area contributed by atoms with Gasteiger partial charge in [0, 0.05) is 12.3 Å². The highest BCUT2D eigenvalue weighted by atomic mass is 19.1. The quantitative estimate of drug-likeness (QED) is 0.345. The zero-order chi connectivity index (χ0) is 19.8. The SMILES string of the molecule is COc1cc(/C=C/c2ccccn2)ccc1OC(=O)/C=C/c1ccc(F)cc1. The normalized spacial score (nSPS) is 11.1. The highest BCUT2D eigenvalue weighted by molar-refractivity contribution is 5.89. The van der Waals surface area contributed by atoms with E-state index in [2.05, 4.69) is 4.98 Å². The maximum Gasteiger partial charge on any atom is 0.336 e. The number of nitrogens with zero attached hydrogens (tertiary/aromatic N) is 1. The number of aromatic nitrogens is 1. The van der Waals surface area contributed by atoms with Gasteiger partial charge in [0.15, 0.2) is 11.5 Å². The molecule has 3 rings (SSSR count). The molecule has 140 valence electrons. The molecule has 0 aliphatic rings. The number of hydrogen-bond donors (Lipinski definition) is 0. The Morgan fingerprint density at radius 1 is 0.929 bits per heavy atom. The number of halogens is 1. The van der Waals surface area contributed by atoms with Crippen LogP contribution in [0.1, 0.15) is 16.8 Å². The first-order chi connectivity index (χ1) is 13.6. The largest absolute Gasteiger partial charge is 0.493 e. The molecule has 5 heteroatoms. The zero-order valence-electron chi connectivity index (χ0n) is 15.2. The number of carbonyl (C=O) groups is 1. The molecule has 1 heterocycles. The predicted molar refractivity (Wildman–Crippen MR) is 107 cm³/mol. The number of carbonyl (C=O) groups excluding carboxylic acids is 1. The van der Waals surface area contributed by atoms with E-state index in [9.17, 15) is 9.18 Å². The number of benzene rings is 2. The van der Waals surface area contributed by atoms with Gasteiger partial charge in [0.05, 0.1) is 12.8 Å². The molecule has 3 aromatic rings. The van der Waals surface area contributed by atoms with Crippen molar-refractivity contribution in [1.82, 2.24) is 4.98 Å². The van der Waals surface area contributed by atoms with E-state index in [0.717, 1.165) is 11.3 Å². The lowest BCUT2D eigenvalue weighted by molar-refractivity contribution is -0.129. The van der Waals surface area contributed by atoms with Crippen molar-refractivity contribution >= 4 is 24.2 Å². The molecule has 2 aromatic carbocycles. The zero-order valence-corrected chi connectivity index (χ0v) is 15.2. The molecule has 1 aromatic heterocycles. The second-order valence-electron chi connectivity index (χ2n) is 5.80. The van der Waals surface area contributed by atoms with Gasteiger partial charge < -0.3 is 9.47 Å². The molecule has 0 unspecified atom stereocenters. The molecule has 28 heavy (non-hydrogen) atoms. The third kappa shape index (κ3) is 5.38. The van der Waals surface area contributed by atoms with E-state index >= 15 is 0 Å². The van der Waals surface area contributed by atoms with Crippen LogP contribution < -0.4 is 9.47 Å². The van der Waals surface area contributed by atoms with E-state index in [4.69, 9.17) is 9.47 Å². The fourth-order valence-corrected chi connectivity index (χ4v) is 2.41. The van der Waals surface area contributed by atoms with Crippen LogP contribution in [0.4, 0.5) is 4.39 Å². The van der Waals surface area contributed by atoms with Crippen LogP contribution in [0, 0.1) is 5.82 Å². The number of esters is 1. The molecule has 0 bridgehead atoms. The predicted octanol–water partition coefficient (Wildman–Crippen LogP) is 5.02. The van der Waals surface area contributed by atoms with Crippen LogP contribution in [0.15, 0.2) is 72.9 Å². The first-order valence-corrected chi connectivity index (χ1v) is 8.56. The molecule has 0 saturated carbocycles. The Hall–Kier alpha value is -3.73. The van der Waals surface area contributed by atoms with Crippen LogP contribution in [0.5, 0.6) is 11.5 Å². The van der Waals surface area contributed by atoms with E-state index < -0.39 is 5.97 Å². The summed E-state index contributed by atoms with van der Waals surface area (Å²) in [6.45, 7) is 0. The van der Waals surface area contributed by atoms with Crippen LogP contribution in [-0.4, -0.2) is 18.1 Å². The minimum atomic E-state index is -0.556. The lowest BCUT2D eigenvalue weighted by Crippen LogP contribution is -2.05. The summed E-state index contributed by atoms with van der Waals surface area (Å²) in [5, 5.41) is 0. The molecule has 0 aliphatic heterocycles. The van der Waals surface area contributed by atoms with E-state index in [1.165, 1.54) is 25.3 Å². The summed E-state index contributed by atoms with van der Waals surface area (Å²) in [7, 11) is 1.51. The van der Waals surface area contributed by atoms with Crippen LogP contribution in [-0.2, 0) is 4.79 Å². The smallest absolute Gasteiger partial charge is 0.336 e. The fourth-order valence-electron chi connectivity index (χ4n) is 2.41. The molecule has 0 amide bonds. The highest BCUT2D eigenvalue weighted by Gasteiger charge is 2.08. The second kappa shape index (κ2) is 9.28. The molecule has 0 N–H and O–H groups in total. The molecule has 0 fully saturated rings. The summed E-state index contributed by atoms with van der Waals surface area (Å²) in [6.07, 6.45) is 8.33. The lowest BCUT2D eigenvalue weighted by atomic mass is 10.1. The maximum atomic E-state index is 12.9. The summed E-state index contributed by atoms with van der Waals surface area (Å²) in [4.78, 5) is 16.3. The average molecular weight is 375 g/mol. The standard InChI is InChI=1S/C23H18FNO3/c1-27-22-16-18(7-12-20-4-2-3-15-25-20)8-13-21(22)28-23(26)14-9-17-5-10-19(24)11-6-17/h2-16H,1H3/b12-7+,14-9+. The van der Waals surface area contributed by atoms with Crippen molar-refractivity contribution in [2.75, 3.05) is 7.11 Å². The number of rotatable bonds is 6. The van der Waals surface area contributed by atoms with Gasteiger partial charge in [-0.05, 0) is 59.7 Å². The van der Waals surface area contributed by atoms with Gasteiger partial charge in [-0.1, -0.05) is 30.3 Å². The third-order valence-electron chi connectivity index (χ3n) is 3.81. The summed E-state index contributed by atoms with van der Waals surface area (Å²) in [6, 6.07) is 16.7. The minimum Gasteiger partial charge on any atom is -0.493 e. The number of hydrogen-bond acceptors (Lipinski definition) is 4. The van der Waals surface area contributed by atoms with Crippen molar-refractivity contribution in [2.45, 2.75) is 0 Å². The van der Waals surface area contributed by atoms with Crippen LogP contribution >= 0.6 is 0 Å². The van der Waals surface area contributed by atoms with Crippen molar-refractivity contribution in [3.05, 3.63) is 95.6 Å². The van der Waals surface area contributed by atoms with Gasteiger partial charge >= 0.3 is 5.97 Å². The van der Waals surface area contributed by atoms with Crippen LogP contribution in [0.2, 0.25) is 0 Å². The molecular formula is C23H18FNO3. The third-order valence-corrected chi connectivity index (χ3v) is 3.81. The van der Waals surface area contributed by atoms with E-state index in [1.54, 1.807) is 36.5 Å². The van der Waals surface area contributed by atoms with Gasteiger partial charge in [-0.3, -0.25) is 4.98 Å². The Kier molecular flexibility index (Phi) is 6.31. The van der Waals surface area contributed by atoms with Crippen molar-refractivity contribution in [3.63, 3.8) is 0 Å². The van der Waals surface area contributed by atoms with Gasteiger partial charge in [-0.25, -0.2) is 9.18 Å². The summed E-state index contributed by atoms with van der Waals surface area (Å²) in [5.41, 5.74) is 2.41. The Labute approximate surface area is 162 Å². The van der Waals surface area contributed by atoms with Crippen molar-refractivity contribution in [1.29, 1.82) is 0 Å². The van der Waals surface area contributed by atoms with E-state index in [-0.39, 0.29) is 5.82 Å². The summed E-state index contributed by atoms with van der Waals surface area (Å²) in [5.74, 6) is -0.140. The van der Waals surface area contributed by atoms with Gasteiger partial charge in [0.1, 0.15) is 5.82 Å². The maximum absolute atomic E-state index is 12.9. The molecule has 4 nitrogen and oxygen atoms in total. The first kappa shape index (κ1) is 19.0. The van der Waals surface area contributed by atoms with Crippen molar-refractivity contribution in [2.24, 2.45) is 0 Å². The molecule has 0 spiro atoms. The molecular weight excluding hydrogens is 357 g/mol. The Morgan fingerprint density at radius 3 is 2.43 bits per heavy atom. The van der Waals surface area contributed by atoms with Gasteiger partial charge in [-0.2, -0.15) is 0 Å². The molecule has 0 atom stereocenters. The topological polar surface area (TPSA) is 48.4 Å². The number of ether oxygens (including phenoxy) is 2. The van der Waals surface area contributed by atoms with Crippen LogP contribution in [0.25, 0.3) is 18.2 Å². The van der Waals surface area contributed by atoms with E-state index in [1.807, 2.05) is 36.4 Å². The van der Waals surface area contributed by atoms with Gasteiger partial charge in [0.2, 0.25) is 0 Å². The van der Waals surface area contributed by atoms with Gasteiger partial charge in [0.25, 0.3) is 0 Å². The molecule has 0 saturated heterocycles. The first-order valence-electron chi connectivity index (χ1n) is 8.56. The monoisotopic (exact) mass is 375 g/mol.